The van der Waals surface area contributed by atoms with Gasteiger partial charge in [-0.1, -0.05) is 12.1 Å². The van der Waals surface area contributed by atoms with E-state index in [4.69, 9.17) is 4.52 Å². The standard InChI is InChI=1S/C11H9F3N2O2/c1-2-7(17)10-15-11(18-16-10)5-3-4-6(12)9(14)8(5)13/h3-4,7,17H,2H2,1H3. The van der Waals surface area contributed by atoms with Gasteiger partial charge in [-0.3, -0.25) is 0 Å². The van der Waals surface area contributed by atoms with Gasteiger partial charge in [-0.15, -0.1) is 0 Å². The number of aromatic nitrogens is 2. The zero-order valence-corrected chi connectivity index (χ0v) is 9.32. The highest BCUT2D eigenvalue weighted by Crippen LogP contribution is 2.25. The third kappa shape index (κ3) is 2.08. The molecule has 0 fully saturated rings. The molecule has 1 heterocycles. The van der Waals surface area contributed by atoms with Crippen LogP contribution < -0.4 is 0 Å². The molecule has 1 aromatic carbocycles. The fourth-order valence-electron chi connectivity index (χ4n) is 1.35. The average Bonchev–Trinajstić information content (AvgIpc) is 2.84. The monoisotopic (exact) mass is 258 g/mol. The average molecular weight is 258 g/mol. The lowest BCUT2D eigenvalue weighted by Crippen LogP contribution is -1.98. The van der Waals surface area contributed by atoms with E-state index in [0.29, 0.717) is 6.42 Å². The Hall–Kier alpha value is -1.89. The summed E-state index contributed by atoms with van der Waals surface area (Å²) < 4.78 is 43.9. The molecule has 2 rings (SSSR count). The van der Waals surface area contributed by atoms with Gasteiger partial charge in [0, 0.05) is 0 Å². The molecule has 7 heteroatoms. The van der Waals surface area contributed by atoms with Crippen LogP contribution in [0.4, 0.5) is 13.2 Å². The predicted octanol–water partition coefficient (Wildman–Crippen LogP) is 2.60. The summed E-state index contributed by atoms with van der Waals surface area (Å²) in [5, 5.41) is 12.9. The second-order valence-electron chi connectivity index (χ2n) is 3.60. The van der Waals surface area contributed by atoms with E-state index in [1.54, 1.807) is 6.92 Å². The fourth-order valence-corrected chi connectivity index (χ4v) is 1.35. The smallest absolute Gasteiger partial charge is 0.261 e. The lowest BCUT2D eigenvalue weighted by Gasteiger charge is -2.00. The van der Waals surface area contributed by atoms with Crippen molar-refractivity contribution in [2.24, 2.45) is 0 Å². The van der Waals surface area contributed by atoms with Gasteiger partial charge in [0.1, 0.15) is 6.10 Å². The maximum Gasteiger partial charge on any atom is 0.261 e. The number of aliphatic hydroxyl groups excluding tert-OH is 1. The number of rotatable bonds is 3. The van der Waals surface area contributed by atoms with Crippen LogP contribution in [0.25, 0.3) is 11.5 Å². The molecule has 1 N–H and O–H groups in total. The molecule has 1 aromatic heterocycles. The van der Waals surface area contributed by atoms with Crippen molar-refractivity contribution < 1.29 is 22.8 Å². The molecule has 4 nitrogen and oxygen atoms in total. The number of hydrogen-bond acceptors (Lipinski definition) is 4. The van der Waals surface area contributed by atoms with Crippen LogP contribution in [0, 0.1) is 17.5 Å². The molecule has 0 aliphatic rings. The maximum atomic E-state index is 13.4. The van der Waals surface area contributed by atoms with Crippen LogP contribution in [0.15, 0.2) is 16.7 Å². The van der Waals surface area contributed by atoms with Gasteiger partial charge in [0.2, 0.25) is 5.82 Å². The Labute approximate surface area is 100 Å². The number of hydrogen-bond donors (Lipinski definition) is 1. The lowest BCUT2D eigenvalue weighted by molar-refractivity contribution is 0.159. The predicted molar refractivity (Wildman–Crippen MR) is 54.9 cm³/mol. The van der Waals surface area contributed by atoms with Gasteiger partial charge < -0.3 is 9.63 Å². The quantitative estimate of drug-likeness (QED) is 0.859. The largest absolute Gasteiger partial charge is 0.385 e. The number of aliphatic hydroxyl groups is 1. The minimum atomic E-state index is -1.61. The van der Waals surface area contributed by atoms with E-state index >= 15 is 0 Å². The van der Waals surface area contributed by atoms with Crippen LogP contribution in [0.5, 0.6) is 0 Å². The third-order valence-electron chi connectivity index (χ3n) is 2.39. The Balaban J connectivity index is 2.43. The van der Waals surface area contributed by atoms with E-state index in [2.05, 4.69) is 10.1 Å². The first kappa shape index (κ1) is 12.6. The minimum Gasteiger partial charge on any atom is -0.385 e. The van der Waals surface area contributed by atoms with E-state index in [0.717, 1.165) is 12.1 Å². The molecule has 0 saturated carbocycles. The van der Waals surface area contributed by atoms with Gasteiger partial charge in [0.25, 0.3) is 5.89 Å². The van der Waals surface area contributed by atoms with E-state index in [1.807, 2.05) is 0 Å². The highest BCUT2D eigenvalue weighted by atomic mass is 19.2. The topological polar surface area (TPSA) is 59.2 Å². The SMILES string of the molecule is CCC(O)c1noc(-c2ccc(F)c(F)c2F)n1. The van der Waals surface area contributed by atoms with Crippen molar-refractivity contribution in [3.63, 3.8) is 0 Å². The van der Waals surface area contributed by atoms with Crippen LogP contribution in [0.2, 0.25) is 0 Å². The summed E-state index contributed by atoms with van der Waals surface area (Å²) >= 11 is 0. The number of halogens is 3. The van der Waals surface area contributed by atoms with E-state index < -0.39 is 23.6 Å². The van der Waals surface area contributed by atoms with Gasteiger partial charge in [0.15, 0.2) is 17.5 Å². The van der Waals surface area contributed by atoms with Crippen molar-refractivity contribution in [2.75, 3.05) is 0 Å². The number of benzene rings is 1. The Bertz CT molecular complexity index is 571. The van der Waals surface area contributed by atoms with Crippen LogP contribution >= 0.6 is 0 Å². The summed E-state index contributed by atoms with van der Waals surface area (Å²) in [6, 6.07) is 1.75. The molecular weight excluding hydrogens is 249 g/mol. The van der Waals surface area contributed by atoms with E-state index in [9.17, 15) is 18.3 Å². The molecule has 0 spiro atoms. The van der Waals surface area contributed by atoms with Crippen molar-refractivity contribution in [1.82, 2.24) is 10.1 Å². The molecule has 0 saturated heterocycles. The molecule has 2 aromatic rings. The highest BCUT2D eigenvalue weighted by molar-refractivity contribution is 5.54. The first-order valence-electron chi connectivity index (χ1n) is 5.20. The van der Waals surface area contributed by atoms with Crippen LogP contribution in [0.3, 0.4) is 0 Å². The molecule has 0 radical (unpaired) electrons. The second kappa shape index (κ2) is 4.77. The summed E-state index contributed by atoms with van der Waals surface area (Å²) in [4.78, 5) is 3.73. The summed E-state index contributed by atoms with van der Waals surface area (Å²) in [7, 11) is 0. The highest BCUT2D eigenvalue weighted by Gasteiger charge is 2.21. The third-order valence-corrected chi connectivity index (χ3v) is 2.39. The van der Waals surface area contributed by atoms with Crippen LogP contribution in [-0.4, -0.2) is 15.2 Å². The zero-order valence-electron chi connectivity index (χ0n) is 9.32. The molecule has 0 aliphatic heterocycles. The maximum absolute atomic E-state index is 13.4. The van der Waals surface area contributed by atoms with Gasteiger partial charge in [-0.05, 0) is 18.6 Å². The van der Waals surface area contributed by atoms with Crippen molar-refractivity contribution in [3.8, 4) is 11.5 Å². The normalized spacial score (nSPS) is 12.7. The molecule has 0 bridgehead atoms. The van der Waals surface area contributed by atoms with E-state index in [1.165, 1.54) is 0 Å². The summed E-state index contributed by atoms with van der Waals surface area (Å²) in [5.74, 6) is -4.66. The van der Waals surface area contributed by atoms with Crippen molar-refractivity contribution >= 4 is 0 Å². The van der Waals surface area contributed by atoms with Gasteiger partial charge in [-0.25, -0.2) is 13.2 Å². The molecule has 0 aliphatic carbocycles. The summed E-state index contributed by atoms with van der Waals surface area (Å²) in [5.41, 5.74) is -0.351. The lowest BCUT2D eigenvalue weighted by atomic mass is 10.2. The molecule has 18 heavy (non-hydrogen) atoms. The first-order valence-corrected chi connectivity index (χ1v) is 5.20. The van der Waals surface area contributed by atoms with E-state index in [-0.39, 0.29) is 17.3 Å². The van der Waals surface area contributed by atoms with Crippen molar-refractivity contribution in [2.45, 2.75) is 19.4 Å². The molecule has 96 valence electrons. The Morgan fingerprint density at radius 1 is 1.28 bits per heavy atom. The Morgan fingerprint density at radius 3 is 2.67 bits per heavy atom. The van der Waals surface area contributed by atoms with Crippen LogP contribution in [0.1, 0.15) is 25.3 Å². The zero-order chi connectivity index (χ0) is 13.3. The molecule has 1 unspecified atom stereocenters. The summed E-state index contributed by atoms with van der Waals surface area (Å²) in [6.07, 6.45) is -0.602. The van der Waals surface area contributed by atoms with Gasteiger partial charge in [-0.2, -0.15) is 4.98 Å². The first-order chi connectivity index (χ1) is 8.54. The van der Waals surface area contributed by atoms with Crippen molar-refractivity contribution in [1.29, 1.82) is 0 Å². The Morgan fingerprint density at radius 2 is 2.00 bits per heavy atom. The fraction of sp³-hybridized carbons (Fsp3) is 0.273. The molecule has 1 atom stereocenters. The molecular formula is C11H9F3N2O2. The van der Waals surface area contributed by atoms with Gasteiger partial charge >= 0.3 is 0 Å². The van der Waals surface area contributed by atoms with Crippen molar-refractivity contribution in [3.05, 3.63) is 35.4 Å². The summed E-state index contributed by atoms with van der Waals surface area (Å²) in [6.45, 7) is 1.69. The van der Waals surface area contributed by atoms with Gasteiger partial charge in [0.05, 0.1) is 5.56 Å². The molecule has 0 amide bonds. The number of nitrogens with zero attached hydrogens (tertiary/aromatic N) is 2. The van der Waals surface area contributed by atoms with Crippen LogP contribution in [-0.2, 0) is 0 Å². The Kier molecular flexibility index (Phi) is 3.33. The minimum absolute atomic E-state index is 0.0309. The second-order valence-corrected chi connectivity index (χ2v) is 3.60.